The quantitative estimate of drug-likeness (QED) is 0.908. The Kier molecular flexibility index (Phi) is 4.80. The molecule has 4 nitrogen and oxygen atoms in total. The highest BCUT2D eigenvalue weighted by Gasteiger charge is 2.16. The average Bonchev–Trinajstić information content (AvgIpc) is 2.54. The summed E-state index contributed by atoms with van der Waals surface area (Å²) < 4.78 is 0. The van der Waals surface area contributed by atoms with E-state index in [1.807, 2.05) is 0 Å². The summed E-state index contributed by atoms with van der Waals surface area (Å²) in [4.78, 5) is 9.77. The van der Waals surface area contributed by atoms with E-state index in [1.165, 1.54) is 11.1 Å². The van der Waals surface area contributed by atoms with Gasteiger partial charge in [0.2, 0.25) is 0 Å². The lowest BCUT2D eigenvalue weighted by Crippen LogP contribution is -2.46. The number of benzene rings is 1. The van der Waals surface area contributed by atoms with Gasteiger partial charge in [0.25, 0.3) is 0 Å². The molecule has 0 aliphatic carbocycles. The summed E-state index contributed by atoms with van der Waals surface area (Å²) in [6, 6.07) is 12.6. The van der Waals surface area contributed by atoms with Crippen molar-refractivity contribution in [1.82, 2.24) is 14.8 Å². The number of nitrogens with two attached hydrogens (primary N) is 1. The number of rotatable bonds is 5. The van der Waals surface area contributed by atoms with Gasteiger partial charge in [0.05, 0.1) is 11.2 Å². The normalized spacial score (nSPS) is 17.4. The minimum absolute atomic E-state index is 0.793. The van der Waals surface area contributed by atoms with Gasteiger partial charge in [-0.1, -0.05) is 24.3 Å². The molecule has 112 valence electrons. The highest BCUT2D eigenvalue weighted by atomic mass is 15.3. The van der Waals surface area contributed by atoms with Crippen LogP contribution in [-0.2, 0) is 6.54 Å². The van der Waals surface area contributed by atoms with Gasteiger partial charge in [-0.25, -0.2) is 0 Å². The Morgan fingerprint density at radius 3 is 2.52 bits per heavy atom. The molecule has 21 heavy (non-hydrogen) atoms. The molecule has 0 unspecified atom stereocenters. The number of para-hydroxylation sites is 1. The van der Waals surface area contributed by atoms with Gasteiger partial charge in [-0.15, -0.1) is 0 Å². The summed E-state index contributed by atoms with van der Waals surface area (Å²) in [6.07, 6.45) is 1.10. The van der Waals surface area contributed by atoms with Crippen LogP contribution in [0.3, 0.4) is 0 Å². The molecule has 1 fully saturated rings. The number of aromatic nitrogens is 1. The molecule has 0 spiro atoms. The van der Waals surface area contributed by atoms with E-state index >= 15 is 0 Å². The molecule has 1 aliphatic rings. The molecule has 0 amide bonds. The summed E-state index contributed by atoms with van der Waals surface area (Å²) in [5, 5.41) is 1.22. The maximum absolute atomic E-state index is 5.58. The number of pyridine rings is 1. The Hall–Kier alpha value is -1.49. The Labute approximate surface area is 126 Å². The van der Waals surface area contributed by atoms with Crippen molar-refractivity contribution in [2.24, 2.45) is 5.73 Å². The first-order chi connectivity index (χ1) is 10.3. The Morgan fingerprint density at radius 2 is 1.71 bits per heavy atom. The molecule has 0 saturated carbocycles. The van der Waals surface area contributed by atoms with Crippen LogP contribution in [0.4, 0.5) is 0 Å². The van der Waals surface area contributed by atoms with Crippen molar-refractivity contribution in [3.05, 3.63) is 42.1 Å². The van der Waals surface area contributed by atoms with Crippen LogP contribution >= 0.6 is 0 Å². The first-order valence-corrected chi connectivity index (χ1v) is 7.84. The predicted octanol–water partition coefficient (Wildman–Crippen LogP) is 1.70. The fourth-order valence-corrected chi connectivity index (χ4v) is 2.91. The molecule has 0 atom stereocenters. The molecule has 1 aliphatic heterocycles. The fraction of sp³-hybridized carbons (Fsp3) is 0.471. The lowest BCUT2D eigenvalue weighted by Gasteiger charge is -2.34. The average molecular weight is 284 g/mol. The van der Waals surface area contributed by atoms with Crippen molar-refractivity contribution in [2.45, 2.75) is 13.0 Å². The minimum Gasteiger partial charge on any atom is -0.330 e. The van der Waals surface area contributed by atoms with Crippen molar-refractivity contribution in [3.8, 4) is 0 Å². The number of piperazine rings is 1. The SMILES string of the molecule is NCCCN1CCN(Cc2ccc3ccccc3n2)CC1. The maximum Gasteiger partial charge on any atom is 0.0705 e. The third kappa shape index (κ3) is 3.79. The van der Waals surface area contributed by atoms with Gasteiger partial charge in [-0.05, 0) is 31.6 Å². The van der Waals surface area contributed by atoms with Gasteiger partial charge in [0.1, 0.15) is 0 Å². The Bertz CT molecular complexity index is 576. The van der Waals surface area contributed by atoms with Crippen molar-refractivity contribution in [2.75, 3.05) is 39.3 Å². The Morgan fingerprint density at radius 1 is 0.952 bits per heavy atom. The standard InChI is InChI=1S/C17H24N4/c18-8-3-9-20-10-12-21(13-11-20)14-16-7-6-15-4-1-2-5-17(15)19-16/h1-2,4-7H,3,8-14,18H2. The molecule has 4 heteroatoms. The number of nitrogens with zero attached hydrogens (tertiary/aromatic N) is 3. The third-order valence-electron chi connectivity index (χ3n) is 4.19. The summed E-state index contributed by atoms with van der Waals surface area (Å²) in [5.41, 5.74) is 7.84. The molecule has 0 bridgehead atoms. The van der Waals surface area contributed by atoms with Gasteiger partial charge in [0.15, 0.2) is 0 Å². The topological polar surface area (TPSA) is 45.4 Å². The molecule has 3 rings (SSSR count). The summed E-state index contributed by atoms with van der Waals surface area (Å²) in [7, 11) is 0. The zero-order valence-corrected chi connectivity index (χ0v) is 12.5. The van der Waals surface area contributed by atoms with E-state index in [-0.39, 0.29) is 0 Å². The second-order valence-corrected chi connectivity index (χ2v) is 5.76. The lowest BCUT2D eigenvalue weighted by molar-refractivity contribution is 0.126. The van der Waals surface area contributed by atoms with Gasteiger partial charge >= 0.3 is 0 Å². The van der Waals surface area contributed by atoms with E-state index in [9.17, 15) is 0 Å². The van der Waals surface area contributed by atoms with Gasteiger partial charge in [0, 0.05) is 38.1 Å². The number of hydrogen-bond donors (Lipinski definition) is 1. The van der Waals surface area contributed by atoms with E-state index in [2.05, 4.69) is 46.2 Å². The van der Waals surface area contributed by atoms with Crippen LogP contribution in [0.15, 0.2) is 36.4 Å². The van der Waals surface area contributed by atoms with E-state index < -0.39 is 0 Å². The number of hydrogen-bond acceptors (Lipinski definition) is 4. The molecule has 2 heterocycles. The molecule has 1 saturated heterocycles. The van der Waals surface area contributed by atoms with Gasteiger partial charge in [-0.3, -0.25) is 9.88 Å². The Balaban J connectivity index is 1.56. The van der Waals surface area contributed by atoms with E-state index in [0.717, 1.165) is 57.8 Å². The van der Waals surface area contributed by atoms with Crippen molar-refractivity contribution in [3.63, 3.8) is 0 Å². The third-order valence-corrected chi connectivity index (χ3v) is 4.19. The molecule has 2 N–H and O–H groups in total. The maximum atomic E-state index is 5.58. The highest BCUT2D eigenvalue weighted by molar-refractivity contribution is 5.78. The van der Waals surface area contributed by atoms with Crippen LogP contribution in [0.25, 0.3) is 10.9 Å². The fourth-order valence-electron chi connectivity index (χ4n) is 2.91. The zero-order chi connectivity index (χ0) is 14.5. The van der Waals surface area contributed by atoms with Gasteiger partial charge < -0.3 is 10.6 Å². The number of fused-ring (bicyclic) bond motifs is 1. The second-order valence-electron chi connectivity index (χ2n) is 5.76. The largest absolute Gasteiger partial charge is 0.330 e. The van der Waals surface area contributed by atoms with Crippen LogP contribution in [0.2, 0.25) is 0 Å². The van der Waals surface area contributed by atoms with Crippen LogP contribution in [0.5, 0.6) is 0 Å². The summed E-state index contributed by atoms with van der Waals surface area (Å²) >= 11 is 0. The van der Waals surface area contributed by atoms with Crippen LogP contribution in [0, 0.1) is 0 Å². The molecular formula is C17H24N4. The van der Waals surface area contributed by atoms with Crippen LogP contribution in [0.1, 0.15) is 12.1 Å². The van der Waals surface area contributed by atoms with Crippen LogP contribution < -0.4 is 5.73 Å². The highest BCUT2D eigenvalue weighted by Crippen LogP contribution is 2.14. The van der Waals surface area contributed by atoms with E-state index in [1.54, 1.807) is 0 Å². The lowest BCUT2D eigenvalue weighted by atomic mass is 10.2. The summed E-state index contributed by atoms with van der Waals surface area (Å²) in [5.74, 6) is 0. The van der Waals surface area contributed by atoms with Crippen LogP contribution in [-0.4, -0.2) is 54.1 Å². The molecule has 1 aromatic heterocycles. The van der Waals surface area contributed by atoms with E-state index in [0.29, 0.717) is 0 Å². The van der Waals surface area contributed by atoms with E-state index in [4.69, 9.17) is 10.7 Å². The minimum atomic E-state index is 0.793. The predicted molar refractivity (Wildman–Crippen MR) is 87.1 cm³/mol. The first kappa shape index (κ1) is 14.4. The second kappa shape index (κ2) is 6.98. The molecule has 1 aromatic carbocycles. The van der Waals surface area contributed by atoms with Gasteiger partial charge in [-0.2, -0.15) is 0 Å². The zero-order valence-electron chi connectivity index (χ0n) is 12.5. The smallest absolute Gasteiger partial charge is 0.0705 e. The summed E-state index contributed by atoms with van der Waals surface area (Å²) in [6.45, 7) is 7.43. The first-order valence-electron chi connectivity index (χ1n) is 7.84. The van der Waals surface area contributed by atoms with Crippen molar-refractivity contribution >= 4 is 10.9 Å². The monoisotopic (exact) mass is 284 g/mol. The molecule has 0 radical (unpaired) electrons. The van der Waals surface area contributed by atoms with Crippen molar-refractivity contribution in [1.29, 1.82) is 0 Å². The molecule has 2 aromatic rings. The van der Waals surface area contributed by atoms with Crippen molar-refractivity contribution < 1.29 is 0 Å². The molecular weight excluding hydrogens is 260 g/mol.